The highest BCUT2D eigenvalue weighted by Gasteiger charge is 2.22. The summed E-state index contributed by atoms with van der Waals surface area (Å²) in [4.78, 5) is 2.34. The van der Waals surface area contributed by atoms with E-state index in [1.807, 2.05) is 24.3 Å². The number of hydrogen-bond donors (Lipinski definition) is 0. The van der Waals surface area contributed by atoms with Gasteiger partial charge in [-0.1, -0.05) is 164 Å². The highest BCUT2D eigenvalue weighted by molar-refractivity contribution is 6.14. The van der Waals surface area contributed by atoms with Crippen molar-refractivity contribution in [1.82, 2.24) is 0 Å². The van der Waals surface area contributed by atoms with Gasteiger partial charge in [0.25, 0.3) is 0 Å². The molecule has 2 heterocycles. The van der Waals surface area contributed by atoms with Crippen LogP contribution in [0.4, 0.5) is 17.1 Å². The molecule has 0 saturated heterocycles. The summed E-state index contributed by atoms with van der Waals surface area (Å²) >= 11 is 0. The van der Waals surface area contributed by atoms with E-state index in [1.165, 1.54) is 22.3 Å². The van der Waals surface area contributed by atoms with Crippen molar-refractivity contribution < 1.29 is 8.83 Å². The number of benzene rings is 9. The van der Waals surface area contributed by atoms with Gasteiger partial charge in [0.2, 0.25) is 0 Å². The molecule has 0 bridgehead atoms. The summed E-state index contributed by atoms with van der Waals surface area (Å²) < 4.78 is 13.3. The van der Waals surface area contributed by atoms with Crippen LogP contribution in [0.3, 0.4) is 0 Å². The molecule has 0 aliphatic rings. The summed E-state index contributed by atoms with van der Waals surface area (Å²) in [6, 6.07) is 75.1. The predicted octanol–water partition coefficient (Wildman–Crippen LogP) is 15.6. The van der Waals surface area contributed by atoms with Crippen molar-refractivity contribution >= 4 is 60.9 Å². The van der Waals surface area contributed by atoms with Gasteiger partial charge in [0.15, 0.2) is 0 Å². The number of hydrogen-bond acceptors (Lipinski definition) is 3. The number of fused-ring (bicyclic) bond motifs is 6. The number of rotatable bonds is 7. The average molecular weight is 730 g/mol. The lowest BCUT2D eigenvalue weighted by atomic mass is 9.91. The normalized spacial score (nSPS) is 11.5. The molecule has 0 aliphatic carbocycles. The molecule has 0 N–H and O–H groups in total. The predicted molar refractivity (Wildman–Crippen MR) is 237 cm³/mol. The topological polar surface area (TPSA) is 29.5 Å². The highest BCUT2D eigenvalue weighted by Crippen LogP contribution is 2.46. The molecule has 268 valence electrons. The molecule has 3 nitrogen and oxygen atoms in total. The van der Waals surface area contributed by atoms with E-state index in [9.17, 15) is 0 Å². The Kier molecular flexibility index (Phi) is 7.82. The lowest BCUT2D eigenvalue weighted by Crippen LogP contribution is -2.10. The van der Waals surface area contributed by atoms with Crippen molar-refractivity contribution in [3.05, 3.63) is 212 Å². The summed E-state index contributed by atoms with van der Waals surface area (Å²) in [5, 5.41) is 4.39. The van der Waals surface area contributed by atoms with E-state index in [-0.39, 0.29) is 0 Å². The van der Waals surface area contributed by atoms with Crippen molar-refractivity contribution in [3.8, 4) is 44.5 Å². The zero-order valence-electron chi connectivity index (χ0n) is 31.0. The van der Waals surface area contributed by atoms with E-state index in [0.29, 0.717) is 0 Å². The van der Waals surface area contributed by atoms with E-state index < -0.39 is 0 Å². The second kappa shape index (κ2) is 13.6. The van der Waals surface area contributed by atoms with Gasteiger partial charge < -0.3 is 13.7 Å². The maximum atomic E-state index is 6.71. The fourth-order valence-corrected chi connectivity index (χ4v) is 8.36. The number of anilines is 3. The Morgan fingerprint density at radius 3 is 1.18 bits per heavy atom. The summed E-state index contributed by atoms with van der Waals surface area (Å²) in [6.45, 7) is 0. The number of para-hydroxylation sites is 4. The molecule has 57 heavy (non-hydrogen) atoms. The van der Waals surface area contributed by atoms with Crippen molar-refractivity contribution in [2.75, 3.05) is 4.90 Å². The van der Waals surface area contributed by atoms with Gasteiger partial charge in [0, 0.05) is 49.7 Å². The first-order valence-electron chi connectivity index (χ1n) is 19.3. The van der Waals surface area contributed by atoms with Crippen LogP contribution in [0.1, 0.15) is 0 Å². The van der Waals surface area contributed by atoms with Crippen LogP contribution in [-0.4, -0.2) is 0 Å². The quantitative estimate of drug-likeness (QED) is 0.164. The molecule has 3 heteroatoms. The van der Waals surface area contributed by atoms with Crippen LogP contribution in [0.2, 0.25) is 0 Å². The molecule has 0 saturated carbocycles. The zero-order chi connectivity index (χ0) is 37.7. The standard InChI is InChI=1S/C54H35NO2/c1-3-13-36(14-4-1)38-25-29-40(30-26-38)55(41-31-27-39(28-32-41)37-15-5-2-6-16-37)42-33-34-43(46-19-11-20-47-44-17-7-9-23-51(44)56-53(46)47)50(35-42)49-22-12-21-48-45-18-8-10-24-52(45)57-54(48)49/h1-35H. The minimum atomic E-state index is 0.861. The van der Waals surface area contributed by atoms with Gasteiger partial charge in [-0.15, -0.1) is 0 Å². The lowest BCUT2D eigenvalue weighted by Gasteiger charge is -2.27. The molecule has 0 unspecified atom stereocenters. The van der Waals surface area contributed by atoms with E-state index in [1.54, 1.807) is 0 Å². The Morgan fingerprint density at radius 1 is 0.263 bits per heavy atom. The first-order valence-corrected chi connectivity index (χ1v) is 19.3. The molecule has 0 radical (unpaired) electrons. The van der Waals surface area contributed by atoms with Crippen molar-refractivity contribution in [2.45, 2.75) is 0 Å². The second-order valence-corrected chi connectivity index (χ2v) is 14.5. The first kappa shape index (κ1) is 32.8. The van der Waals surface area contributed by atoms with E-state index in [4.69, 9.17) is 8.83 Å². The van der Waals surface area contributed by atoms with E-state index in [2.05, 4.69) is 193 Å². The molecule has 0 aliphatic heterocycles. The van der Waals surface area contributed by atoms with Gasteiger partial charge in [0.1, 0.15) is 22.3 Å². The highest BCUT2D eigenvalue weighted by atomic mass is 16.3. The second-order valence-electron chi connectivity index (χ2n) is 14.5. The monoisotopic (exact) mass is 729 g/mol. The Bertz CT molecular complexity index is 3130. The van der Waals surface area contributed by atoms with Gasteiger partial charge in [-0.2, -0.15) is 0 Å². The Balaban J connectivity index is 1.14. The molecule has 11 rings (SSSR count). The molecular formula is C54H35NO2. The molecule has 11 aromatic rings. The van der Waals surface area contributed by atoms with Crippen LogP contribution >= 0.6 is 0 Å². The van der Waals surface area contributed by atoms with E-state index in [0.717, 1.165) is 83.2 Å². The van der Waals surface area contributed by atoms with Crippen LogP contribution in [-0.2, 0) is 0 Å². The average Bonchev–Trinajstić information content (AvgIpc) is 3.87. The Labute approximate surface area is 330 Å². The SMILES string of the molecule is c1ccc(-c2ccc(N(c3ccc(-c4ccccc4)cc3)c3ccc(-c4cccc5c4oc4ccccc45)c(-c4cccc5c4oc4ccccc45)c3)cc2)cc1. The summed E-state index contributed by atoms with van der Waals surface area (Å²) in [5.41, 5.74) is 15.5. The molecule has 0 amide bonds. The molecular weight excluding hydrogens is 695 g/mol. The summed E-state index contributed by atoms with van der Waals surface area (Å²) in [6.07, 6.45) is 0. The van der Waals surface area contributed by atoms with Gasteiger partial charge in [-0.3, -0.25) is 0 Å². The van der Waals surface area contributed by atoms with Crippen molar-refractivity contribution in [1.29, 1.82) is 0 Å². The van der Waals surface area contributed by atoms with Gasteiger partial charge in [-0.05, 0) is 81.9 Å². The maximum Gasteiger partial charge on any atom is 0.143 e. The minimum Gasteiger partial charge on any atom is -0.455 e. The van der Waals surface area contributed by atoms with Crippen LogP contribution < -0.4 is 4.90 Å². The zero-order valence-corrected chi connectivity index (χ0v) is 31.0. The van der Waals surface area contributed by atoms with Gasteiger partial charge >= 0.3 is 0 Å². The minimum absolute atomic E-state index is 0.861. The van der Waals surface area contributed by atoms with Gasteiger partial charge in [0.05, 0.1) is 0 Å². The van der Waals surface area contributed by atoms with E-state index >= 15 is 0 Å². The smallest absolute Gasteiger partial charge is 0.143 e. The fraction of sp³-hybridized carbons (Fsp3) is 0. The maximum absolute atomic E-state index is 6.71. The largest absolute Gasteiger partial charge is 0.455 e. The summed E-state index contributed by atoms with van der Waals surface area (Å²) in [5.74, 6) is 0. The Hall–Kier alpha value is -7.62. The lowest BCUT2D eigenvalue weighted by molar-refractivity contribution is 0.669. The van der Waals surface area contributed by atoms with Crippen LogP contribution in [0, 0.1) is 0 Å². The van der Waals surface area contributed by atoms with Crippen molar-refractivity contribution in [2.24, 2.45) is 0 Å². The number of furan rings is 2. The molecule has 2 aromatic heterocycles. The third kappa shape index (κ3) is 5.68. The summed E-state index contributed by atoms with van der Waals surface area (Å²) in [7, 11) is 0. The fourth-order valence-electron chi connectivity index (χ4n) is 8.36. The third-order valence-electron chi connectivity index (χ3n) is 11.1. The van der Waals surface area contributed by atoms with Crippen LogP contribution in [0.5, 0.6) is 0 Å². The molecule has 9 aromatic carbocycles. The third-order valence-corrected chi connectivity index (χ3v) is 11.1. The first-order chi connectivity index (χ1) is 28.3. The molecule has 0 atom stereocenters. The number of nitrogens with zero attached hydrogens (tertiary/aromatic N) is 1. The molecule has 0 spiro atoms. The molecule has 0 fully saturated rings. The van der Waals surface area contributed by atoms with Gasteiger partial charge in [-0.25, -0.2) is 0 Å². The van der Waals surface area contributed by atoms with Crippen molar-refractivity contribution in [3.63, 3.8) is 0 Å². The van der Waals surface area contributed by atoms with Crippen LogP contribution in [0.15, 0.2) is 221 Å². The Morgan fingerprint density at radius 2 is 0.667 bits per heavy atom. The van der Waals surface area contributed by atoms with Crippen LogP contribution in [0.25, 0.3) is 88.4 Å².